The van der Waals surface area contributed by atoms with Crippen LogP contribution in [0.4, 0.5) is 0 Å². The molecular weight excluding hydrogens is 196 g/mol. The van der Waals surface area contributed by atoms with Gasteiger partial charge in [0.2, 0.25) is 0 Å². The Morgan fingerprint density at radius 2 is 1.57 bits per heavy atom. The molecule has 0 N–H and O–H groups in total. The van der Waals surface area contributed by atoms with Crippen LogP contribution in [0, 0.1) is 0 Å². The van der Waals surface area contributed by atoms with Crippen molar-refractivity contribution in [2.75, 3.05) is 13.5 Å². The Labute approximate surface area is 89.3 Å². The van der Waals surface area contributed by atoms with E-state index in [-0.39, 0.29) is 0 Å². The van der Waals surface area contributed by atoms with Gasteiger partial charge in [0.1, 0.15) is 5.75 Å². The molecule has 0 spiro atoms. The maximum atomic E-state index is 5.23. The number of benzene rings is 2. The first kappa shape index (κ1) is 10.9. The molecule has 0 aliphatic heterocycles. The third-order valence-corrected chi connectivity index (χ3v) is 1.97. The van der Waals surface area contributed by atoms with Crippen LogP contribution in [0.5, 0.6) is 5.75 Å². The van der Waals surface area contributed by atoms with Crippen LogP contribution in [-0.4, -0.2) is 13.5 Å². The highest BCUT2D eigenvalue weighted by atomic mass is 35.5. The summed E-state index contributed by atoms with van der Waals surface area (Å²) in [5, 5.41) is 2.39. The SMILES string of the molecule is CCl.COc1cccc2ccccc12. The maximum absolute atomic E-state index is 5.23. The molecule has 0 radical (unpaired) electrons. The molecule has 0 aromatic heterocycles. The van der Waals surface area contributed by atoms with Gasteiger partial charge in [-0.1, -0.05) is 36.4 Å². The molecule has 2 rings (SSSR count). The summed E-state index contributed by atoms with van der Waals surface area (Å²) in [4.78, 5) is 0. The molecule has 74 valence electrons. The molecule has 2 heteroatoms. The highest BCUT2D eigenvalue weighted by Gasteiger charge is 1.96. The lowest BCUT2D eigenvalue weighted by molar-refractivity contribution is 0.420. The van der Waals surface area contributed by atoms with Gasteiger partial charge < -0.3 is 4.74 Å². The molecule has 2 aromatic carbocycles. The monoisotopic (exact) mass is 208 g/mol. The molecule has 2 aromatic rings. The Hall–Kier alpha value is -1.21. The number of alkyl halides is 1. The average molecular weight is 209 g/mol. The lowest BCUT2D eigenvalue weighted by atomic mass is 10.1. The number of halogens is 1. The van der Waals surface area contributed by atoms with E-state index in [1.807, 2.05) is 24.3 Å². The Kier molecular flexibility index (Phi) is 4.27. The molecule has 0 atom stereocenters. The summed E-state index contributed by atoms with van der Waals surface area (Å²) in [7, 11) is 1.70. The Balaban J connectivity index is 0.000000461. The van der Waals surface area contributed by atoms with Gasteiger partial charge in [0.25, 0.3) is 0 Å². The summed E-state index contributed by atoms with van der Waals surface area (Å²) in [5.74, 6) is 0.938. The van der Waals surface area contributed by atoms with E-state index in [9.17, 15) is 0 Å². The second kappa shape index (κ2) is 5.51. The number of methoxy groups -OCH3 is 1. The fourth-order valence-electron chi connectivity index (χ4n) is 1.37. The minimum Gasteiger partial charge on any atom is -0.496 e. The van der Waals surface area contributed by atoms with Crippen molar-refractivity contribution >= 4 is 22.4 Å². The molecule has 0 saturated carbocycles. The van der Waals surface area contributed by atoms with E-state index < -0.39 is 0 Å². The van der Waals surface area contributed by atoms with Crippen LogP contribution in [0.1, 0.15) is 0 Å². The van der Waals surface area contributed by atoms with Gasteiger partial charge in [0.15, 0.2) is 0 Å². The van der Waals surface area contributed by atoms with E-state index in [2.05, 4.69) is 29.8 Å². The first-order valence-electron chi connectivity index (χ1n) is 4.31. The van der Waals surface area contributed by atoms with Crippen LogP contribution >= 0.6 is 11.6 Å². The first-order chi connectivity index (χ1) is 6.92. The van der Waals surface area contributed by atoms with E-state index >= 15 is 0 Å². The van der Waals surface area contributed by atoms with Gasteiger partial charge in [-0.05, 0) is 11.5 Å². The fraction of sp³-hybridized carbons (Fsp3) is 0.167. The normalized spacial score (nSPS) is 9.07. The number of rotatable bonds is 1. The van der Waals surface area contributed by atoms with E-state index in [1.165, 1.54) is 17.2 Å². The van der Waals surface area contributed by atoms with E-state index in [0.29, 0.717) is 0 Å². The minimum absolute atomic E-state index is 0.938. The van der Waals surface area contributed by atoms with Crippen molar-refractivity contribution in [1.82, 2.24) is 0 Å². The second-order valence-electron chi connectivity index (χ2n) is 2.68. The van der Waals surface area contributed by atoms with Gasteiger partial charge in [0.05, 0.1) is 7.11 Å². The molecule has 0 unspecified atom stereocenters. The zero-order valence-corrected chi connectivity index (χ0v) is 9.08. The molecular formula is C12H13ClO. The van der Waals surface area contributed by atoms with Crippen molar-refractivity contribution < 1.29 is 4.74 Å². The molecule has 0 aliphatic carbocycles. The largest absolute Gasteiger partial charge is 0.496 e. The predicted octanol–water partition coefficient (Wildman–Crippen LogP) is 3.70. The Morgan fingerprint density at radius 1 is 0.929 bits per heavy atom. The lowest BCUT2D eigenvalue weighted by Gasteiger charge is -2.03. The zero-order valence-electron chi connectivity index (χ0n) is 8.33. The Morgan fingerprint density at radius 3 is 2.29 bits per heavy atom. The van der Waals surface area contributed by atoms with Crippen LogP contribution in [0.15, 0.2) is 42.5 Å². The highest BCUT2D eigenvalue weighted by Crippen LogP contribution is 2.24. The van der Waals surface area contributed by atoms with Crippen LogP contribution in [0.3, 0.4) is 0 Å². The summed E-state index contributed by atoms with van der Waals surface area (Å²) in [6.45, 7) is 0. The molecule has 0 bridgehead atoms. The predicted molar refractivity (Wildman–Crippen MR) is 62.3 cm³/mol. The smallest absolute Gasteiger partial charge is 0.126 e. The van der Waals surface area contributed by atoms with Gasteiger partial charge in [-0.15, -0.1) is 11.6 Å². The van der Waals surface area contributed by atoms with Gasteiger partial charge in [-0.25, -0.2) is 0 Å². The average Bonchev–Trinajstić information content (AvgIpc) is 2.31. The molecule has 0 fully saturated rings. The fourth-order valence-corrected chi connectivity index (χ4v) is 1.37. The molecule has 0 aliphatic rings. The van der Waals surface area contributed by atoms with Crippen LogP contribution < -0.4 is 4.74 Å². The van der Waals surface area contributed by atoms with Crippen LogP contribution in [-0.2, 0) is 0 Å². The topological polar surface area (TPSA) is 9.23 Å². The highest BCUT2D eigenvalue weighted by molar-refractivity contribution is 6.15. The summed E-state index contributed by atoms with van der Waals surface area (Å²) in [6.07, 6.45) is 1.47. The van der Waals surface area contributed by atoms with Gasteiger partial charge in [0, 0.05) is 11.8 Å². The van der Waals surface area contributed by atoms with Gasteiger partial charge >= 0.3 is 0 Å². The summed E-state index contributed by atoms with van der Waals surface area (Å²) < 4.78 is 5.23. The van der Waals surface area contributed by atoms with Crippen molar-refractivity contribution in [3.63, 3.8) is 0 Å². The maximum Gasteiger partial charge on any atom is 0.126 e. The van der Waals surface area contributed by atoms with Gasteiger partial charge in [-0.2, -0.15) is 0 Å². The Bertz CT molecular complexity index is 393. The van der Waals surface area contributed by atoms with Gasteiger partial charge in [-0.3, -0.25) is 0 Å². The lowest BCUT2D eigenvalue weighted by Crippen LogP contribution is -1.83. The minimum atomic E-state index is 0.938. The molecule has 0 saturated heterocycles. The number of ether oxygens (including phenoxy) is 1. The van der Waals surface area contributed by atoms with E-state index in [4.69, 9.17) is 4.74 Å². The quantitative estimate of drug-likeness (QED) is 0.650. The van der Waals surface area contributed by atoms with E-state index in [1.54, 1.807) is 7.11 Å². The van der Waals surface area contributed by atoms with Crippen molar-refractivity contribution in [2.24, 2.45) is 0 Å². The number of hydrogen-bond donors (Lipinski definition) is 0. The summed E-state index contributed by atoms with van der Waals surface area (Å²) in [6, 6.07) is 14.2. The standard InChI is InChI=1S/C11H10O.CH3Cl/c1-12-11-8-4-6-9-5-2-3-7-10(9)11;1-2/h2-8H,1H3;1H3. The summed E-state index contributed by atoms with van der Waals surface area (Å²) in [5.41, 5.74) is 0. The first-order valence-corrected chi connectivity index (χ1v) is 5.07. The van der Waals surface area contributed by atoms with Crippen molar-refractivity contribution in [1.29, 1.82) is 0 Å². The molecule has 14 heavy (non-hydrogen) atoms. The van der Waals surface area contributed by atoms with Crippen LogP contribution in [0.2, 0.25) is 0 Å². The van der Waals surface area contributed by atoms with Crippen molar-refractivity contribution in [3.05, 3.63) is 42.5 Å². The van der Waals surface area contributed by atoms with Crippen molar-refractivity contribution in [3.8, 4) is 5.75 Å². The second-order valence-corrected chi connectivity index (χ2v) is 2.68. The third-order valence-electron chi connectivity index (χ3n) is 1.97. The number of fused-ring (bicyclic) bond motifs is 1. The molecule has 0 heterocycles. The summed E-state index contributed by atoms with van der Waals surface area (Å²) >= 11 is 4.64. The van der Waals surface area contributed by atoms with E-state index in [0.717, 1.165) is 5.75 Å². The van der Waals surface area contributed by atoms with Crippen LogP contribution in [0.25, 0.3) is 10.8 Å². The van der Waals surface area contributed by atoms with Crippen molar-refractivity contribution in [2.45, 2.75) is 0 Å². The number of hydrogen-bond acceptors (Lipinski definition) is 1. The molecule has 1 nitrogen and oxygen atoms in total. The third kappa shape index (κ3) is 2.18. The molecule has 0 amide bonds. The zero-order chi connectivity index (χ0) is 10.4.